The van der Waals surface area contributed by atoms with E-state index >= 15 is 0 Å². The SMILES string of the molecule is CC1CCCC1CNC(=O)c1ccoc1CC(=O)O. The fraction of sp³-hybridized carbons (Fsp3) is 0.571. The van der Waals surface area contributed by atoms with Gasteiger partial charge in [-0.25, -0.2) is 0 Å². The van der Waals surface area contributed by atoms with Crippen molar-refractivity contribution in [3.05, 3.63) is 23.7 Å². The number of hydrogen-bond acceptors (Lipinski definition) is 3. The first-order valence-corrected chi connectivity index (χ1v) is 6.64. The summed E-state index contributed by atoms with van der Waals surface area (Å²) in [7, 11) is 0. The second-order valence-corrected chi connectivity index (χ2v) is 5.21. The third kappa shape index (κ3) is 3.36. The van der Waals surface area contributed by atoms with Crippen LogP contribution in [0.4, 0.5) is 0 Å². The first-order valence-electron chi connectivity index (χ1n) is 6.64. The lowest BCUT2D eigenvalue weighted by Gasteiger charge is -2.15. The lowest BCUT2D eigenvalue weighted by molar-refractivity contribution is -0.136. The minimum absolute atomic E-state index is 0.212. The van der Waals surface area contributed by atoms with Crippen molar-refractivity contribution in [1.29, 1.82) is 0 Å². The number of carbonyl (C=O) groups is 2. The first-order chi connectivity index (χ1) is 9.08. The van der Waals surface area contributed by atoms with Crippen LogP contribution in [0.1, 0.15) is 42.3 Å². The molecule has 5 heteroatoms. The predicted octanol–water partition coefficient (Wildman–Crippen LogP) is 2.07. The molecule has 2 atom stereocenters. The van der Waals surface area contributed by atoms with Crippen LogP contribution in [0.15, 0.2) is 16.7 Å². The monoisotopic (exact) mass is 265 g/mol. The Morgan fingerprint density at radius 2 is 2.26 bits per heavy atom. The quantitative estimate of drug-likeness (QED) is 0.854. The lowest BCUT2D eigenvalue weighted by Crippen LogP contribution is -2.30. The molecule has 2 rings (SSSR count). The number of rotatable bonds is 5. The number of aliphatic carboxylic acids is 1. The van der Waals surface area contributed by atoms with Gasteiger partial charge in [0.1, 0.15) is 12.2 Å². The molecule has 104 valence electrons. The van der Waals surface area contributed by atoms with Gasteiger partial charge in [0.25, 0.3) is 5.91 Å². The van der Waals surface area contributed by atoms with Gasteiger partial charge in [-0.3, -0.25) is 9.59 Å². The van der Waals surface area contributed by atoms with E-state index in [0.717, 1.165) is 6.42 Å². The number of carbonyl (C=O) groups excluding carboxylic acids is 1. The van der Waals surface area contributed by atoms with Gasteiger partial charge in [0.05, 0.1) is 11.8 Å². The highest BCUT2D eigenvalue weighted by molar-refractivity contribution is 5.95. The van der Waals surface area contributed by atoms with Gasteiger partial charge in [0.15, 0.2) is 0 Å². The zero-order chi connectivity index (χ0) is 13.8. The smallest absolute Gasteiger partial charge is 0.311 e. The highest BCUT2D eigenvalue weighted by Gasteiger charge is 2.24. The molecular formula is C14H19NO4. The molecule has 2 N–H and O–H groups in total. The second-order valence-electron chi connectivity index (χ2n) is 5.21. The van der Waals surface area contributed by atoms with Crippen LogP contribution < -0.4 is 5.32 Å². The summed E-state index contributed by atoms with van der Waals surface area (Å²) in [6.45, 7) is 2.86. The molecule has 1 saturated carbocycles. The van der Waals surface area contributed by atoms with Crippen molar-refractivity contribution in [3.63, 3.8) is 0 Å². The average Bonchev–Trinajstić information content (AvgIpc) is 2.95. The van der Waals surface area contributed by atoms with E-state index in [9.17, 15) is 9.59 Å². The lowest BCUT2D eigenvalue weighted by atomic mass is 9.98. The van der Waals surface area contributed by atoms with Gasteiger partial charge in [0.2, 0.25) is 0 Å². The Labute approximate surface area is 112 Å². The maximum absolute atomic E-state index is 12.0. The zero-order valence-electron chi connectivity index (χ0n) is 11.0. The number of nitrogens with one attached hydrogen (secondary N) is 1. The molecule has 1 aliphatic carbocycles. The van der Waals surface area contributed by atoms with Crippen LogP contribution in [0.25, 0.3) is 0 Å². The third-order valence-electron chi connectivity index (χ3n) is 3.87. The average molecular weight is 265 g/mol. The number of carboxylic acid groups (broad SMARTS) is 1. The number of carboxylic acids is 1. The van der Waals surface area contributed by atoms with Gasteiger partial charge in [-0.15, -0.1) is 0 Å². The van der Waals surface area contributed by atoms with Crippen LogP contribution >= 0.6 is 0 Å². The molecule has 0 aliphatic heterocycles. The largest absolute Gasteiger partial charge is 0.481 e. The van der Waals surface area contributed by atoms with Crippen molar-refractivity contribution in [3.8, 4) is 0 Å². The van der Waals surface area contributed by atoms with Crippen LogP contribution in [-0.2, 0) is 11.2 Å². The van der Waals surface area contributed by atoms with Gasteiger partial charge < -0.3 is 14.8 Å². The van der Waals surface area contributed by atoms with Crippen LogP contribution in [0, 0.1) is 11.8 Å². The van der Waals surface area contributed by atoms with E-state index in [4.69, 9.17) is 9.52 Å². The second kappa shape index (κ2) is 5.91. The van der Waals surface area contributed by atoms with Crippen LogP contribution in [-0.4, -0.2) is 23.5 Å². The van der Waals surface area contributed by atoms with E-state index in [0.29, 0.717) is 23.9 Å². The Morgan fingerprint density at radius 3 is 2.89 bits per heavy atom. The van der Waals surface area contributed by atoms with Gasteiger partial charge in [0, 0.05) is 6.54 Å². The normalized spacial score (nSPS) is 22.4. The molecule has 1 aliphatic rings. The molecule has 0 saturated heterocycles. The molecule has 1 aromatic heterocycles. The summed E-state index contributed by atoms with van der Waals surface area (Å²) < 4.78 is 5.05. The number of furan rings is 1. The summed E-state index contributed by atoms with van der Waals surface area (Å²) in [5.41, 5.74) is 0.327. The summed E-state index contributed by atoms with van der Waals surface area (Å²) in [6, 6.07) is 1.52. The summed E-state index contributed by atoms with van der Waals surface area (Å²) in [6.07, 6.45) is 4.67. The molecule has 5 nitrogen and oxygen atoms in total. The Bertz CT molecular complexity index is 466. The topological polar surface area (TPSA) is 79.5 Å². The van der Waals surface area contributed by atoms with Gasteiger partial charge in [-0.2, -0.15) is 0 Å². The standard InChI is InChI=1S/C14H19NO4/c1-9-3-2-4-10(9)8-15-14(18)11-5-6-19-12(11)7-13(16)17/h5-6,9-10H,2-4,7-8H2,1H3,(H,15,18)(H,16,17). The van der Waals surface area contributed by atoms with Gasteiger partial charge in [-0.05, 0) is 24.3 Å². The molecule has 1 fully saturated rings. The number of hydrogen-bond donors (Lipinski definition) is 2. The van der Waals surface area contributed by atoms with E-state index in [1.165, 1.54) is 25.2 Å². The van der Waals surface area contributed by atoms with Crippen molar-refractivity contribution >= 4 is 11.9 Å². The highest BCUT2D eigenvalue weighted by Crippen LogP contribution is 2.30. The Kier molecular flexibility index (Phi) is 4.24. The molecule has 0 spiro atoms. The fourth-order valence-corrected chi connectivity index (χ4v) is 2.66. The van der Waals surface area contributed by atoms with Crippen LogP contribution in [0.5, 0.6) is 0 Å². The molecule has 2 unspecified atom stereocenters. The van der Waals surface area contributed by atoms with Crippen LogP contribution in [0.2, 0.25) is 0 Å². The predicted molar refractivity (Wildman–Crippen MR) is 68.9 cm³/mol. The van der Waals surface area contributed by atoms with Crippen molar-refractivity contribution in [1.82, 2.24) is 5.32 Å². The zero-order valence-corrected chi connectivity index (χ0v) is 11.0. The third-order valence-corrected chi connectivity index (χ3v) is 3.87. The molecule has 0 bridgehead atoms. The minimum Gasteiger partial charge on any atom is -0.481 e. The van der Waals surface area contributed by atoms with E-state index in [1.54, 1.807) is 0 Å². The summed E-state index contributed by atoms with van der Waals surface area (Å²) in [5.74, 6) is 0.129. The van der Waals surface area contributed by atoms with Crippen molar-refractivity contribution < 1.29 is 19.1 Å². The molecule has 0 radical (unpaired) electrons. The van der Waals surface area contributed by atoms with E-state index < -0.39 is 5.97 Å². The molecule has 0 aromatic carbocycles. The fourth-order valence-electron chi connectivity index (χ4n) is 2.66. The van der Waals surface area contributed by atoms with E-state index in [1.807, 2.05) is 0 Å². The van der Waals surface area contributed by atoms with Crippen molar-refractivity contribution in [2.75, 3.05) is 6.54 Å². The number of amides is 1. The Hall–Kier alpha value is -1.78. The van der Waals surface area contributed by atoms with Gasteiger partial charge in [-0.1, -0.05) is 19.8 Å². The van der Waals surface area contributed by atoms with Crippen LogP contribution in [0.3, 0.4) is 0 Å². The van der Waals surface area contributed by atoms with Crippen molar-refractivity contribution in [2.45, 2.75) is 32.6 Å². The molecule has 1 amide bonds. The molecule has 1 heterocycles. The van der Waals surface area contributed by atoms with Gasteiger partial charge >= 0.3 is 5.97 Å². The minimum atomic E-state index is -1.01. The first kappa shape index (κ1) is 13.6. The maximum atomic E-state index is 12.0. The molecule has 1 aromatic rings. The molecular weight excluding hydrogens is 246 g/mol. The Balaban J connectivity index is 1.92. The van der Waals surface area contributed by atoms with Crippen molar-refractivity contribution in [2.24, 2.45) is 11.8 Å². The summed E-state index contributed by atoms with van der Waals surface area (Å²) in [5, 5.41) is 11.6. The maximum Gasteiger partial charge on any atom is 0.311 e. The summed E-state index contributed by atoms with van der Waals surface area (Å²) >= 11 is 0. The van der Waals surface area contributed by atoms with E-state index in [2.05, 4.69) is 12.2 Å². The van der Waals surface area contributed by atoms with E-state index in [-0.39, 0.29) is 18.1 Å². The Morgan fingerprint density at radius 1 is 1.47 bits per heavy atom. The summed E-state index contributed by atoms with van der Waals surface area (Å²) in [4.78, 5) is 22.7. The molecule has 19 heavy (non-hydrogen) atoms. The highest BCUT2D eigenvalue weighted by atomic mass is 16.4.